The maximum atomic E-state index is 13.5. The lowest BCUT2D eigenvalue weighted by Crippen LogP contribution is -2.21. The Morgan fingerprint density at radius 1 is 1.12 bits per heavy atom. The molecule has 136 valence electrons. The number of nitrogens with one attached hydrogen (secondary N) is 2. The van der Waals surface area contributed by atoms with Crippen molar-refractivity contribution in [2.24, 2.45) is 5.73 Å². The van der Waals surface area contributed by atoms with E-state index >= 15 is 0 Å². The first-order chi connectivity index (χ1) is 12.3. The predicted molar refractivity (Wildman–Crippen MR) is 92.0 cm³/mol. The normalized spacial score (nSPS) is 11.5. The van der Waals surface area contributed by atoms with Gasteiger partial charge in [0.25, 0.3) is 0 Å². The van der Waals surface area contributed by atoms with Crippen molar-refractivity contribution in [3.05, 3.63) is 59.7 Å². The van der Waals surface area contributed by atoms with Crippen molar-refractivity contribution in [3.8, 4) is 11.1 Å². The lowest BCUT2D eigenvalue weighted by Gasteiger charge is -2.18. The molecule has 8 heteroatoms. The molecule has 0 spiro atoms. The summed E-state index contributed by atoms with van der Waals surface area (Å²) in [5, 5.41) is 15.0. The molecule has 1 atom stereocenters. The Kier molecular flexibility index (Phi) is 6.00. The fraction of sp³-hybridized carbons (Fsp3) is 0.167. The summed E-state index contributed by atoms with van der Waals surface area (Å²) in [6, 6.07) is 10.1. The van der Waals surface area contributed by atoms with E-state index in [4.69, 9.17) is 26.0 Å². The van der Waals surface area contributed by atoms with Crippen molar-refractivity contribution >= 4 is 17.9 Å². The summed E-state index contributed by atoms with van der Waals surface area (Å²) in [4.78, 5) is 11.2. The van der Waals surface area contributed by atoms with Crippen LogP contribution in [0.2, 0.25) is 0 Å². The van der Waals surface area contributed by atoms with Gasteiger partial charge in [-0.25, -0.2) is 13.6 Å². The standard InChI is InChI=1S/C18H17F2N3O3/c1-10(21)25-17(22)9-16(26-18(23)24)13-4-2-3-11(7-13)12-5-6-14(19)15(20)8-12/h2-8,16,21-22H,9H2,1H3,(H2,23,24). The monoisotopic (exact) mass is 361 g/mol. The quantitative estimate of drug-likeness (QED) is 0.550. The number of carbonyl (C=O) groups excluding carboxylic acids is 1. The summed E-state index contributed by atoms with van der Waals surface area (Å²) in [6.07, 6.45) is -2.10. The summed E-state index contributed by atoms with van der Waals surface area (Å²) in [7, 11) is 0. The molecule has 0 bridgehead atoms. The zero-order valence-corrected chi connectivity index (χ0v) is 13.9. The van der Waals surface area contributed by atoms with Gasteiger partial charge in [0.05, 0.1) is 6.42 Å². The van der Waals surface area contributed by atoms with Crippen LogP contribution in [0.5, 0.6) is 0 Å². The van der Waals surface area contributed by atoms with Crippen LogP contribution in [0.4, 0.5) is 13.6 Å². The number of amides is 1. The van der Waals surface area contributed by atoms with Crippen molar-refractivity contribution in [1.82, 2.24) is 0 Å². The number of halogens is 2. The van der Waals surface area contributed by atoms with Crippen LogP contribution in [-0.4, -0.2) is 17.9 Å². The molecular formula is C18H17F2N3O3. The van der Waals surface area contributed by atoms with Crippen molar-refractivity contribution in [3.63, 3.8) is 0 Å². The van der Waals surface area contributed by atoms with E-state index in [1.54, 1.807) is 24.3 Å². The Labute approximate surface area is 148 Å². The van der Waals surface area contributed by atoms with Gasteiger partial charge in [0.1, 0.15) is 6.10 Å². The summed E-state index contributed by atoms with van der Waals surface area (Å²) < 4.78 is 36.5. The van der Waals surface area contributed by atoms with E-state index in [-0.39, 0.29) is 18.2 Å². The molecule has 26 heavy (non-hydrogen) atoms. The molecular weight excluding hydrogens is 344 g/mol. The highest BCUT2D eigenvalue weighted by molar-refractivity contribution is 5.87. The number of ether oxygens (including phenoxy) is 2. The summed E-state index contributed by atoms with van der Waals surface area (Å²) in [6.45, 7) is 1.36. The first kappa shape index (κ1) is 19.0. The van der Waals surface area contributed by atoms with Gasteiger partial charge in [-0.15, -0.1) is 0 Å². The molecule has 0 saturated carbocycles. The largest absolute Gasteiger partial charge is 0.441 e. The minimum Gasteiger partial charge on any atom is -0.441 e. The highest BCUT2D eigenvalue weighted by Crippen LogP contribution is 2.28. The smallest absolute Gasteiger partial charge is 0.405 e. The molecule has 0 heterocycles. The molecule has 0 radical (unpaired) electrons. The first-order valence-electron chi connectivity index (χ1n) is 7.58. The topological polar surface area (TPSA) is 109 Å². The van der Waals surface area contributed by atoms with Gasteiger partial charge in [0.15, 0.2) is 23.4 Å². The Balaban J connectivity index is 2.33. The van der Waals surface area contributed by atoms with E-state index in [9.17, 15) is 13.6 Å². The second-order valence-electron chi connectivity index (χ2n) is 5.47. The Morgan fingerprint density at radius 2 is 1.81 bits per heavy atom. The van der Waals surface area contributed by atoms with Gasteiger partial charge in [0.2, 0.25) is 0 Å². The number of nitrogens with two attached hydrogens (primary N) is 1. The van der Waals surface area contributed by atoms with Crippen molar-refractivity contribution in [2.75, 3.05) is 0 Å². The number of hydrogen-bond acceptors (Lipinski definition) is 5. The van der Waals surface area contributed by atoms with Gasteiger partial charge in [0, 0.05) is 6.92 Å². The summed E-state index contributed by atoms with van der Waals surface area (Å²) in [5.74, 6) is -2.38. The zero-order chi connectivity index (χ0) is 19.3. The third-order valence-corrected chi connectivity index (χ3v) is 3.42. The maximum absolute atomic E-state index is 13.5. The number of hydrogen-bond donors (Lipinski definition) is 3. The molecule has 0 aliphatic heterocycles. The molecule has 1 amide bonds. The Bertz CT molecular complexity index is 855. The molecule has 1 unspecified atom stereocenters. The first-order valence-corrected chi connectivity index (χ1v) is 7.58. The third-order valence-electron chi connectivity index (χ3n) is 3.42. The second-order valence-corrected chi connectivity index (χ2v) is 5.47. The van der Waals surface area contributed by atoms with E-state index in [1.807, 2.05) is 0 Å². The SMILES string of the molecule is CC(=N)OC(=N)CC(OC(N)=O)c1cccc(-c2ccc(F)c(F)c2)c1. The van der Waals surface area contributed by atoms with Crippen LogP contribution in [0.3, 0.4) is 0 Å². The van der Waals surface area contributed by atoms with Gasteiger partial charge in [-0.05, 0) is 34.9 Å². The molecule has 6 nitrogen and oxygen atoms in total. The van der Waals surface area contributed by atoms with E-state index < -0.39 is 23.8 Å². The summed E-state index contributed by atoms with van der Waals surface area (Å²) in [5.41, 5.74) is 6.58. The molecule has 0 fully saturated rings. The van der Waals surface area contributed by atoms with Crippen LogP contribution in [0.25, 0.3) is 11.1 Å². The van der Waals surface area contributed by atoms with Gasteiger partial charge >= 0.3 is 6.09 Å². The molecule has 2 rings (SSSR count). The maximum Gasteiger partial charge on any atom is 0.405 e. The average molecular weight is 361 g/mol. The minimum absolute atomic E-state index is 0.138. The van der Waals surface area contributed by atoms with Crippen LogP contribution in [-0.2, 0) is 9.47 Å². The van der Waals surface area contributed by atoms with Crippen LogP contribution >= 0.6 is 0 Å². The zero-order valence-electron chi connectivity index (χ0n) is 13.9. The van der Waals surface area contributed by atoms with E-state index in [1.165, 1.54) is 13.0 Å². The number of rotatable bonds is 5. The fourth-order valence-corrected chi connectivity index (χ4v) is 2.36. The van der Waals surface area contributed by atoms with Gasteiger partial charge in [-0.3, -0.25) is 10.8 Å². The average Bonchev–Trinajstić information content (AvgIpc) is 2.55. The highest BCUT2D eigenvalue weighted by Gasteiger charge is 2.20. The van der Waals surface area contributed by atoms with Crippen LogP contribution < -0.4 is 5.73 Å². The van der Waals surface area contributed by atoms with Gasteiger partial charge in [-0.1, -0.05) is 24.3 Å². The van der Waals surface area contributed by atoms with Crippen LogP contribution in [0.1, 0.15) is 25.0 Å². The number of carbonyl (C=O) groups is 1. The van der Waals surface area contributed by atoms with Gasteiger partial charge < -0.3 is 15.2 Å². The number of primary amides is 1. The fourth-order valence-electron chi connectivity index (χ4n) is 2.36. The van der Waals surface area contributed by atoms with E-state index in [0.29, 0.717) is 16.7 Å². The molecule has 0 aliphatic carbocycles. The van der Waals surface area contributed by atoms with Crippen molar-refractivity contribution in [2.45, 2.75) is 19.4 Å². The molecule has 2 aromatic carbocycles. The van der Waals surface area contributed by atoms with Crippen LogP contribution in [0, 0.1) is 22.5 Å². The Hall–Kier alpha value is -3.29. The lowest BCUT2D eigenvalue weighted by atomic mass is 9.99. The van der Waals surface area contributed by atoms with Crippen molar-refractivity contribution in [1.29, 1.82) is 10.8 Å². The molecule has 0 aliphatic rings. The third kappa shape index (κ3) is 5.10. The van der Waals surface area contributed by atoms with Crippen LogP contribution in [0.15, 0.2) is 42.5 Å². The highest BCUT2D eigenvalue weighted by atomic mass is 19.2. The minimum atomic E-state index is -1.03. The molecule has 2 aromatic rings. The van der Waals surface area contributed by atoms with Gasteiger partial charge in [-0.2, -0.15) is 0 Å². The van der Waals surface area contributed by atoms with Crippen molar-refractivity contribution < 1.29 is 23.0 Å². The molecule has 4 N–H and O–H groups in total. The molecule has 0 aromatic heterocycles. The van der Waals surface area contributed by atoms with E-state index in [2.05, 4.69) is 0 Å². The Morgan fingerprint density at radius 3 is 2.42 bits per heavy atom. The number of benzene rings is 2. The lowest BCUT2D eigenvalue weighted by molar-refractivity contribution is 0.108. The predicted octanol–water partition coefficient (Wildman–Crippen LogP) is 4.15. The summed E-state index contributed by atoms with van der Waals surface area (Å²) >= 11 is 0. The van der Waals surface area contributed by atoms with E-state index in [0.717, 1.165) is 12.1 Å². The second kappa shape index (κ2) is 8.19. The molecule has 0 saturated heterocycles.